The second-order valence-corrected chi connectivity index (χ2v) is 6.82. The molecule has 0 aromatic carbocycles. The molecule has 6 N–H and O–H groups in total. The summed E-state index contributed by atoms with van der Waals surface area (Å²) in [5.74, 6) is -0.697. The lowest BCUT2D eigenvalue weighted by atomic mass is 10.0. The monoisotopic (exact) mass is 284 g/mol. The maximum Gasteiger partial charge on any atom is 0.255 e. The summed E-state index contributed by atoms with van der Waals surface area (Å²) in [6.07, 6.45) is 1.34. The van der Waals surface area contributed by atoms with Gasteiger partial charge in [-0.1, -0.05) is 19.9 Å². The molecule has 0 radical (unpaired) electrons. The number of nitrogens with zero attached hydrogens (tertiary/aromatic N) is 1. The van der Waals surface area contributed by atoms with Gasteiger partial charge in [-0.3, -0.25) is 5.41 Å². The fraction of sp³-hybridized carbons (Fsp3) is 0.455. The number of hydrogen-bond acceptors (Lipinski definition) is 5. The number of nitrogens with one attached hydrogen (secondary N) is 1. The predicted molar refractivity (Wildman–Crippen MR) is 69.0 cm³/mol. The summed E-state index contributed by atoms with van der Waals surface area (Å²) in [5, 5.41) is 22.6. The van der Waals surface area contributed by atoms with E-state index in [-0.39, 0.29) is 16.8 Å². The first-order chi connectivity index (χ1) is 8.53. The van der Waals surface area contributed by atoms with Gasteiger partial charge in [-0.25, -0.2) is 18.5 Å². The van der Waals surface area contributed by atoms with Crippen molar-refractivity contribution in [3.63, 3.8) is 0 Å². The van der Waals surface area contributed by atoms with Crippen molar-refractivity contribution in [2.75, 3.05) is 0 Å². The Bertz CT molecular complexity index is 638. The second kappa shape index (κ2) is 3.75. The van der Waals surface area contributed by atoms with Crippen molar-refractivity contribution in [3.05, 3.63) is 23.9 Å². The molecule has 1 aromatic rings. The van der Waals surface area contributed by atoms with Crippen LogP contribution in [0.1, 0.15) is 25.3 Å². The van der Waals surface area contributed by atoms with Gasteiger partial charge in [0.15, 0.2) is 5.03 Å². The Hall–Kier alpha value is -1.51. The fourth-order valence-electron chi connectivity index (χ4n) is 2.63. The van der Waals surface area contributed by atoms with Crippen molar-refractivity contribution >= 4 is 15.9 Å². The predicted octanol–water partition coefficient (Wildman–Crippen LogP) is -0.481. The topological polar surface area (TPSA) is 143 Å². The molecule has 104 valence electrons. The van der Waals surface area contributed by atoms with E-state index in [0.29, 0.717) is 5.56 Å². The number of pyridine rings is 1. The van der Waals surface area contributed by atoms with Crippen molar-refractivity contribution in [1.82, 2.24) is 4.98 Å². The fourth-order valence-corrected chi connectivity index (χ4v) is 3.09. The molecular weight excluding hydrogens is 268 g/mol. The van der Waals surface area contributed by atoms with Gasteiger partial charge in [0.2, 0.25) is 0 Å². The molecule has 2 rings (SSSR count). The van der Waals surface area contributed by atoms with Crippen LogP contribution in [0.25, 0.3) is 0 Å². The van der Waals surface area contributed by atoms with Gasteiger partial charge in [0, 0.05) is 17.5 Å². The van der Waals surface area contributed by atoms with Crippen molar-refractivity contribution in [2.24, 2.45) is 16.3 Å². The quantitative estimate of drug-likeness (QED) is 0.438. The van der Waals surface area contributed by atoms with Gasteiger partial charge in [-0.2, -0.15) is 0 Å². The van der Waals surface area contributed by atoms with Crippen LogP contribution >= 0.6 is 0 Å². The Balaban J connectivity index is 2.39. The second-order valence-electron chi connectivity index (χ2n) is 5.31. The lowest BCUT2D eigenvalue weighted by Crippen LogP contribution is -2.34. The van der Waals surface area contributed by atoms with Gasteiger partial charge in [-0.15, -0.1) is 0 Å². The molecule has 1 aromatic heterocycles. The van der Waals surface area contributed by atoms with E-state index >= 15 is 0 Å². The number of nitrogens with two attached hydrogens (primary N) is 2. The number of aromatic nitrogens is 1. The van der Waals surface area contributed by atoms with E-state index in [0.717, 1.165) is 0 Å². The summed E-state index contributed by atoms with van der Waals surface area (Å²) in [4.78, 5) is 3.77. The van der Waals surface area contributed by atoms with Crippen molar-refractivity contribution in [2.45, 2.75) is 30.4 Å². The van der Waals surface area contributed by atoms with E-state index in [4.69, 9.17) is 16.3 Å². The molecule has 2 unspecified atom stereocenters. The van der Waals surface area contributed by atoms with E-state index in [1.54, 1.807) is 13.8 Å². The molecule has 8 heteroatoms. The van der Waals surface area contributed by atoms with Gasteiger partial charge >= 0.3 is 0 Å². The third-order valence-corrected chi connectivity index (χ3v) is 4.66. The molecule has 0 bridgehead atoms. The molecule has 7 nitrogen and oxygen atoms in total. The summed E-state index contributed by atoms with van der Waals surface area (Å²) in [5.41, 5.74) is 4.04. The highest BCUT2D eigenvalue weighted by molar-refractivity contribution is 7.89. The van der Waals surface area contributed by atoms with Crippen LogP contribution < -0.4 is 10.9 Å². The molecule has 1 aliphatic rings. The highest BCUT2D eigenvalue weighted by Crippen LogP contribution is 2.67. The zero-order valence-corrected chi connectivity index (χ0v) is 11.4. The van der Waals surface area contributed by atoms with Gasteiger partial charge in [0.05, 0.1) is 0 Å². The number of primary sulfonamides is 1. The van der Waals surface area contributed by atoms with E-state index in [1.165, 1.54) is 18.3 Å². The number of sulfonamides is 1. The Kier molecular flexibility index (Phi) is 2.74. The molecule has 2 atom stereocenters. The zero-order chi connectivity index (χ0) is 14.6. The molecular formula is C11H16N4O3S. The Morgan fingerprint density at radius 3 is 2.37 bits per heavy atom. The van der Waals surface area contributed by atoms with Crippen LogP contribution in [-0.4, -0.2) is 29.9 Å². The molecule has 1 aliphatic carbocycles. The van der Waals surface area contributed by atoms with Crippen molar-refractivity contribution < 1.29 is 13.5 Å². The normalized spacial score (nSPS) is 28.9. The lowest BCUT2D eigenvalue weighted by Gasteiger charge is -2.10. The van der Waals surface area contributed by atoms with E-state index in [2.05, 4.69) is 4.98 Å². The molecule has 0 amide bonds. The minimum absolute atomic E-state index is 0.235. The number of aliphatic hydroxyl groups is 1. The summed E-state index contributed by atoms with van der Waals surface area (Å²) in [6.45, 7) is 3.57. The minimum atomic E-state index is -3.84. The molecule has 1 saturated carbocycles. The van der Waals surface area contributed by atoms with Crippen LogP contribution in [0.4, 0.5) is 0 Å². The van der Waals surface area contributed by atoms with E-state index < -0.39 is 21.0 Å². The third kappa shape index (κ3) is 1.83. The van der Waals surface area contributed by atoms with E-state index in [9.17, 15) is 13.5 Å². The van der Waals surface area contributed by atoms with Crippen LogP contribution in [0.5, 0.6) is 0 Å². The van der Waals surface area contributed by atoms with E-state index in [1.807, 2.05) is 0 Å². The number of rotatable bonds is 3. The van der Waals surface area contributed by atoms with Crippen LogP contribution in [-0.2, 0) is 10.0 Å². The Morgan fingerprint density at radius 1 is 1.47 bits per heavy atom. The maximum atomic E-state index is 11.1. The van der Waals surface area contributed by atoms with Gasteiger partial charge < -0.3 is 10.8 Å². The maximum absolute atomic E-state index is 11.1. The Morgan fingerprint density at radius 2 is 2.05 bits per heavy atom. The van der Waals surface area contributed by atoms with Crippen LogP contribution in [0.3, 0.4) is 0 Å². The summed E-state index contributed by atoms with van der Waals surface area (Å²) < 4.78 is 22.2. The number of hydrogen-bond donors (Lipinski definition) is 4. The molecule has 1 heterocycles. The highest BCUT2D eigenvalue weighted by Gasteiger charge is 2.73. The summed E-state index contributed by atoms with van der Waals surface area (Å²) in [6, 6.07) is 2.81. The smallest absolute Gasteiger partial charge is 0.255 e. The average Bonchev–Trinajstić information content (AvgIpc) is 2.73. The molecule has 0 aliphatic heterocycles. The SMILES string of the molecule is CC1(C)C(c2ccc(S(N)(=O)=O)nc2)C1(O)C(=N)N. The molecule has 19 heavy (non-hydrogen) atoms. The lowest BCUT2D eigenvalue weighted by molar-refractivity contribution is 0.173. The standard InChI is InChI=1S/C11H16N4O3S/c1-10(2)8(11(10,16)9(12)13)6-3-4-7(15-5-6)19(14,17)18/h3-5,8,16H,1-2H3,(H3,12,13)(H2,14,17,18). The minimum Gasteiger partial charge on any atom is -0.385 e. The third-order valence-electron chi connectivity index (χ3n) is 3.83. The van der Waals surface area contributed by atoms with Crippen LogP contribution in [0, 0.1) is 10.8 Å². The first kappa shape index (κ1) is 13.9. The Labute approximate surface area is 111 Å². The molecule has 0 spiro atoms. The summed E-state index contributed by atoms with van der Waals surface area (Å²) in [7, 11) is -3.84. The molecule has 0 saturated heterocycles. The van der Waals surface area contributed by atoms with Crippen LogP contribution in [0.2, 0.25) is 0 Å². The van der Waals surface area contributed by atoms with Crippen LogP contribution in [0.15, 0.2) is 23.4 Å². The summed E-state index contributed by atoms with van der Waals surface area (Å²) >= 11 is 0. The highest BCUT2D eigenvalue weighted by atomic mass is 32.2. The van der Waals surface area contributed by atoms with Crippen molar-refractivity contribution in [3.8, 4) is 0 Å². The zero-order valence-electron chi connectivity index (χ0n) is 10.6. The first-order valence-electron chi connectivity index (χ1n) is 5.58. The van der Waals surface area contributed by atoms with Gasteiger partial charge in [0.1, 0.15) is 11.4 Å². The van der Waals surface area contributed by atoms with Gasteiger partial charge in [-0.05, 0) is 11.6 Å². The first-order valence-corrected chi connectivity index (χ1v) is 7.13. The van der Waals surface area contributed by atoms with Gasteiger partial charge in [0.25, 0.3) is 10.0 Å². The largest absolute Gasteiger partial charge is 0.385 e. The molecule has 1 fully saturated rings. The number of amidine groups is 1. The van der Waals surface area contributed by atoms with Crippen molar-refractivity contribution in [1.29, 1.82) is 5.41 Å². The average molecular weight is 284 g/mol.